The summed E-state index contributed by atoms with van der Waals surface area (Å²) >= 11 is 0.991. The number of thioether (sulfide) groups is 1. The molecule has 0 spiro atoms. The van der Waals surface area contributed by atoms with Gasteiger partial charge in [0.1, 0.15) is 5.75 Å². The van der Waals surface area contributed by atoms with E-state index >= 15 is 0 Å². The predicted molar refractivity (Wildman–Crippen MR) is 80.7 cm³/mol. The number of nitrogens with zero attached hydrogens (tertiary/aromatic N) is 1. The van der Waals surface area contributed by atoms with Crippen molar-refractivity contribution in [1.82, 2.24) is 4.90 Å². The summed E-state index contributed by atoms with van der Waals surface area (Å²) < 4.78 is 5.15. The van der Waals surface area contributed by atoms with Crippen LogP contribution in [0, 0.1) is 6.92 Å². The zero-order valence-electron chi connectivity index (χ0n) is 12.0. The van der Waals surface area contributed by atoms with E-state index in [9.17, 15) is 9.59 Å². The topological polar surface area (TPSA) is 46.6 Å². The van der Waals surface area contributed by atoms with Crippen LogP contribution in [0.4, 0.5) is 4.79 Å². The highest BCUT2D eigenvalue weighted by molar-refractivity contribution is 8.18. The molecule has 0 saturated carbocycles. The number of aryl methyl sites for hydroxylation is 1. The van der Waals surface area contributed by atoms with Crippen molar-refractivity contribution < 1.29 is 14.3 Å². The number of ether oxygens (including phenoxy) is 1. The molecule has 0 atom stereocenters. The Morgan fingerprint density at radius 2 is 2.00 bits per heavy atom. The van der Waals surface area contributed by atoms with Crippen molar-refractivity contribution in [1.29, 1.82) is 0 Å². The summed E-state index contributed by atoms with van der Waals surface area (Å²) in [5, 5.41) is -0.206. The first-order valence-electron chi connectivity index (χ1n) is 6.35. The maximum atomic E-state index is 12.2. The molecule has 1 aliphatic rings. The van der Waals surface area contributed by atoms with Gasteiger partial charge in [-0.25, -0.2) is 0 Å². The Labute approximate surface area is 122 Å². The maximum Gasteiger partial charge on any atom is 0.293 e. The van der Waals surface area contributed by atoms with Crippen molar-refractivity contribution in [3.8, 4) is 5.75 Å². The Morgan fingerprint density at radius 3 is 2.50 bits per heavy atom. The summed E-state index contributed by atoms with van der Waals surface area (Å²) in [4.78, 5) is 25.8. The fourth-order valence-electron chi connectivity index (χ4n) is 2.00. The van der Waals surface area contributed by atoms with Gasteiger partial charge in [0.05, 0.1) is 12.0 Å². The van der Waals surface area contributed by atoms with Crippen LogP contribution >= 0.6 is 11.8 Å². The molecule has 0 bridgehead atoms. The number of rotatable bonds is 3. The lowest BCUT2D eigenvalue weighted by atomic mass is 10.1. The fourth-order valence-corrected chi connectivity index (χ4v) is 2.96. The first-order chi connectivity index (χ1) is 9.43. The Kier molecular flexibility index (Phi) is 4.18. The summed E-state index contributed by atoms with van der Waals surface area (Å²) in [6, 6.07) is 5.51. The largest absolute Gasteiger partial charge is 0.497 e. The van der Waals surface area contributed by atoms with E-state index in [1.165, 1.54) is 4.90 Å². The van der Waals surface area contributed by atoms with E-state index in [1.807, 2.05) is 39.0 Å². The lowest BCUT2D eigenvalue weighted by Gasteiger charge is -2.16. The van der Waals surface area contributed by atoms with Crippen LogP contribution in [0.3, 0.4) is 0 Å². The molecule has 0 aromatic heterocycles. The molecule has 1 saturated heterocycles. The molecule has 20 heavy (non-hydrogen) atoms. The first-order valence-corrected chi connectivity index (χ1v) is 7.17. The molecule has 1 aromatic rings. The van der Waals surface area contributed by atoms with Gasteiger partial charge in [-0.05, 0) is 61.9 Å². The summed E-state index contributed by atoms with van der Waals surface area (Å²) in [6.45, 7) is 5.61. The number of amides is 2. The van der Waals surface area contributed by atoms with E-state index in [2.05, 4.69) is 0 Å². The number of hydrogen-bond acceptors (Lipinski definition) is 4. The van der Waals surface area contributed by atoms with Gasteiger partial charge in [0.15, 0.2) is 0 Å². The molecule has 2 amide bonds. The fraction of sp³-hybridized carbons (Fsp3) is 0.333. The Balaban J connectivity index is 2.33. The number of hydrogen-bond donors (Lipinski definition) is 0. The van der Waals surface area contributed by atoms with Gasteiger partial charge in [-0.2, -0.15) is 0 Å². The molecule has 1 fully saturated rings. The quantitative estimate of drug-likeness (QED) is 0.800. The molecule has 2 rings (SSSR count). The van der Waals surface area contributed by atoms with Crippen LogP contribution in [0.1, 0.15) is 25.0 Å². The number of imide groups is 1. The van der Waals surface area contributed by atoms with Gasteiger partial charge >= 0.3 is 0 Å². The van der Waals surface area contributed by atoms with E-state index < -0.39 is 0 Å². The van der Waals surface area contributed by atoms with Crippen molar-refractivity contribution in [3.05, 3.63) is 34.2 Å². The number of methoxy groups -OCH3 is 1. The van der Waals surface area contributed by atoms with Gasteiger partial charge in [-0.15, -0.1) is 0 Å². The summed E-state index contributed by atoms with van der Waals surface area (Å²) in [5.41, 5.74) is 1.92. The molecule has 0 radical (unpaired) electrons. The van der Waals surface area contributed by atoms with Gasteiger partial charge in [-0.3, -0.25) is 14.5 Å². The lowest BCUT2D eigenvalue weighted by Crippen LogP contribution is -2.34. The molecule has 0 aliphatic carbocycles. The monoisotopic (exact) mass is 291 g/mol. The Morgan fingerprint density at radius 1 is 1.30 bits per heavy atom. The molecular weight excluding hydrogens is 274 g/mol. The minimum Gasteiger partial charge on any atom is -0.497 e. The second-order valence-corrected chi connectivity index (χ2v) is 5.86. The molecule has 1 aromatic carbocycles. The number of benzene rings is 1. The molecule has 4 nitrogen and oxygen atoms in total. The molecular formula is C15H17NO3S. The Bertz CT molecular complexity index is 593. The maximum absolute atomic E-state index is 12.2. The van der Waals surface area contributed by atoms with Crippen LogP contribution in [0.15, 0.2) is 23.1 Å². The van der Waals surface area contributed by atoms with Gasteiger partial charge in [0.25, 0.3) is 11.1 Å². The third kappa shape index (κ3) is 2.72. The second kappa shape index (κ2) is 5.71. The van der Waals surface area contributed by atoms with Gasteiger partial charge in [-0.1, -0.05) is 6.07 Å². The van der Waals surface area contributed by atoms with E-state index in [1.54, 1.807) is 13.2 Å². The molecule has 1 aliphatic heterocycles. The van der Waals surface area contributed by atoms with Crippen molar-refractivity contribution in [2.75, 3.05) is 7.11 Å². The molecule has 5 heteroatoms. The van der Waals surface area contributed by atoms with Crippen LogP contribution in [-0.2, 0) is 4.79 Å². The van der Waals surface area contributed by atoms with E-state index in [0.29, 0.717) is 4.91 Å². The van der Waals surface area contributed by atoms with Crippen molar-refractivity contribution in [3.63, 3.8) is 0 Å². The van der Waals surface area contributed by atoms with Crippen LogP contribution < -0.4 is 4.74 Å². The van der Waals surface area contributed by atoms with Gasteiger partial charge < -0.3 is 4.74 Å². The zero-order chi connectivity index (χ0) is 14.9. The smallest absolute Gasteiger partial charge is 0.293 e. The van der Waals surface area contributed by atoms with E-state index in [4.69, 9.17) is 4.74 Å². The van der Waals surface area contributed by atoms with Crippen molar-refractivity contribution in [2.24, 2.45) is 0 Å². The second-order valence-electron chi connectivity index (χ2n) is 4.87. The third-order valence-electron chi connectivity index (χ3n) is 3.10. The van der Waals surface area contributed by atoms with Crippen LogP contribution in [0.2, 0.25) is 0 Å². The van der Waals surface area contributed by atoms with Crippen molar-refractivity contribution in [2.45, 2.75) is 26.8 Å². The average Bonchev–Trinajstić information content (AvgIpc) is 2.66. The third-order valence-corrected chi connectivity index (χ3v) is 3.99. The SMILES string of the molecule is COc1ccc(/C=C2/SC(=O)N(C(C)C)C2=O)c(C)c1. The molecule has 106 valence electrons. The highest BCUT2D eigenvalue weighted by atomic mass is 32.2. The molecule has 0 N–H and O–H groups in total. The molecule has 0 unspecified atom stereocenters. The van der Waals surface area contributed by atoms with Gasteiger partial charge in [0, 0.05) is 6.04 Å². The predicted octanol–water partition coefficient (Wildman–Crippen LogP) is 3.45. The summed E-state index contributed by atoms with van der Waals surface area (Å²) in [6.07, 6.45) is 1.77. The highest BCUT2D eigenvalue weighted by Crippen LogP contribution is 2.34. The lowest BCUT2D eigenvalue weighted by molar-refractivity contribution is -0.123. The van der Waals surface area contributed by atoms with Crippen LogP contribution in [0.5, 0.6) is 5.75 Å². The number of carbonyl (C=O) groups is 2. The number of carbonyl (C=O) groups excluding carboxylic acids is 2. The minimum atomic E-state index is -0.217. The van der Waals surface area contributed by atoms with E-state index in [-0.39, 0.29) is 17.2 Å². The average molecular weight is 291 g/mol. The Hall–Kier alpha value is -1.75. The zero-order valence-corrected chi connectivity index (χ0v) is 12.8. The van der Waals surface area contributed by atoms with Crippen LogP contribution in [0.25, 0.3) is 6.08 Å². The summed E-state index contributed by atoms with van der Waals surface area (Å²) in [7, 11) is 1.61. The van der Waals surface area contributed by atoms with Crippen molar-refractivity contribution >= 4 is 29.0 Å². The first kappa shape index (κ1) is 14.7. The minimum absolute atomic E-state index is 0.120. The summed E-state index contributed by atoms with van der Waals surface area (Å²) in [5.74, 6) is 0.556. The standard InChI is InChI=1S/C15H17NO3S/c1-9(2)16-14(17)13(20-15(16)18)8-11-5-6-12(19-4)7-10(11)3/h5-9H,1-4H3/b13-8+. The normalized spacial score (nSPS) is 17.4. The van der Waals surface area contributed by atoms with Crippen LogP contribution in [-0.4, -0.2) is 29.2 Å². The highest BCUT2D eigenvalue weighted by Gasteiger charge is 2.36. The van der Waals surface area contributed by atoms with Gasteiger partial charge in [0.2, 0.25) is 0 Å². The molecule has 1 heterocycles. The van der Waals surface area contributed by atoms with E-state index in [0.717, 1.165) is 28.6 Å².